The molecule has 11 heteroatoms. The minimum absolute atomic E-state index is 0.173. The molecule has 2 amide bonds. The normalized spacial score (nSPS) is 21.1. The third-order valence-electron chi connectivity index (χ3n) is 8.98. The molecule has 3 saturated heterocycles. The second-order valence-corrected chi connectivity index (χ2v) is 13.6. The molecule has 3 fully saturated rings. The van der Waals surface area contributed by atoms with E-state index in [4.69, 9.17) is 14.5 Å². The predicted molar refractivity (Wildman–Crippen MR) is 189 cm³/mol. The monoisotopic (exact) mass is 641 g/mol. The molecule has 4 aromatic rings. The van der Waals surface area contributed by atoms with E-state index in [0.29, 0.717) is 13.2 Å². The molecule has 4 heterocycles. The van der Waals surface area contributed by atoms with Crippen molar-refractivity contribution in [1.29, 1.82) is 0 Å². The van der Waals surface area contributed by atoms with Crippen molar-refractivity contribution in [3.05, 3.63) is 60.7 Å². The number of thiazole rings is 1. The fourth-order valence-corrected chi connectivity index (χ4v) is 7.59. The molecule has 3 aromatic carbocycles. The maximum absolute atomic E-state index is 12.8. The number of morpholine rings is 2. The van der Waals surface area contributed by atoms with Gasteiger partial charge in [-0.2, -0.15) is 0 Å². The number of hydrogen-bond donors (Lipinski definition) is 2. The van der Waals surface area contributed by atoms with Crippen LogP contribution >= 0.6 is 11.3 Å². The number of urea groups is 1. The number of fused-ring (bicyclic) bond motifs is 1. The van der Waals surface area contributed by atoms with Crippen LogP contribution in [0.15, 0.2) is 60.7 Å². The molecule has 2 N–H and O–H groups in total. The van der Waals surface area contributed by atoms with Crippen LogP contribution in [-0.2, 0) is 9.47 Å². The first-order chi connectivity index (χ1) is 22.4. The van der Waals surface area contributed by atoms with Crippen molar-refractivity contribution in [2.75, 3.05) is 98.0 Å². The number of benzene rings is 3. The van der Waals surface area contributed by atoms with Gasteiger partial charge in [-0.25, -0.2) is 9.78 Å². The number of aromatic nitrogens is 1. The largest absolute Gasteiger partial charge is 0.378 e. The molecular weight excluding hydrogens is 598 g/mol. The first kappa shape index (κ1) is 30.7. The second kappa shape index (κ2) is 13.4. The molecule has 10 nitrogen and oxygen atoms in total. The summed E-state index contributed by atoms with van der Waals surface area (Å²) in [5.74, 6) is 0. The van der Waals surface area contributed by atoms with Gasteiger partial charge in [-0.05, 0) is 80.6 Å². The summed E-state index contributed by atoms with van der Waals surface area (Å²) in [7, 11) is 2.16. The Kier molecular flexibility index (Phi) is 8.99. The van der Waals surface area contributed by atoms with Crippen LogP contribution < -0.4 is 25.3 Å². The highest BCUT2D eigenvalue weighted by Crippen LogP contribution is 2.40. The summed E-state index contributed by atoms with van der Waals surface area (Å²) in [6.45, 7) is 13.2. The number of carbonyl (C=O) groups is 1. The van der Waals surface area contributed by atoms with E-state index in [1.807, 2.05) is 24.3 Å². The van der Waals surface area contributed by atoms with Gasteiger partial charge in [-0.1, -0.05) is 23.5 Å². The third-order valence-corrected chi connectivity index (χ3v) is 10.0. The highest BCUT2D eigenvalue weighted by molar-refractivity contribution is 7.22. The zero-order valence-corrected chi connectivity index (χ0v) is 27.7. The number of nitrogens with one attached hydrogen (secondary N) is 2. The lowest BCUT2D eigenvalue weighted by atomic mass is 10.0. The molecule has 0 bridgehead atoms. The molecule has 7 rings (SSSR count). The number of piperazine rings is 1. The Hall–Kier alpha value is -3.90. The van der Waals surface area contributed by atoms with Gasteiger partial charge in [-0.15, -0.1) is 0 Å². The Morgan fingerprint density at radius 3 is 2.07 bits per heavy atom. The Balaban J connectivity index is 1.06. The quantitative estimate of drug-likeness (QED) is 0.273. The zero-order chi connectivity index (χ0) is 31.6. The van der Waals surface area contributed by atoms with Crippen LogP contribution in [0.3, 0.4) is 0 Å². The lowest BCUT2D eigenvalue weighted by Crippen LogP contribution is -2.45. The minimum Gasteiger partial charge on any atom is -0.378 e. The smallest absolute Gasteiger partial charge is 0.323 e. The number of rotatable bonds is 6. The summed E-state index contributed by atoms with van der Waals surface area (Å²) in [4.78, 5) is 27.5. The van der Waals surface area contributed by atoms with Gasteiger partial charge in [0, 0.05) is 69.4 Å². The summed E-state index contributed by atoms with van der Waals surface area (Å²) >= 11 is 1.75. The van der Waals surface area contributed by atoms with Crippen LogP contribution in [0.5, 0.6) is 0 Å². The van der Waals surface area contributed by atoms with Gasteiger partial charge in [0.1, 0.15) is 5.52 Å². The van der Waals surface area contributed by atoms with Crippen molar-refractivity contribution >= 4 is 55.5 Å². The number of nitrogens with zero attached hydrogens (tertiary/aromatic N) is 5. The van der Waals surface area contributed by atoms with Gasteiger partial charge in [0.25, 0.3) is 0 Å². The van der Waals surface area contributed by atoms with E-state index in [0.717, 1.165) is 91.2 Å². The number of anilines is 5. The summed E-state index contributed by atoms with van der Waals surface area (Å²) in [5, 5.41) is 6.99. The first-order valence-corrected chi connectivity index (χ1v) is 17.1. The average molecular weight is 642 g/mol. The Labute approximate surface area is 274 Å². The molecule has 2 atom stereocenters. The van der Waals surface area contributed by atoms with Crippen molar-refractivity contribution in [3.8, 4) is 11.1 Å². The molecule has 0 saturated carbocycles. The van der Waals surface area contributed by atoms with Gasteiger partial charge in [0.05, 0.1) is 35.8 Å². The molecule has 3 aliphatic heterocycles. The van der Waals surface area contributed by atoms with Crippen LogP contribution in [0, 0.1) is 0 Å². The molecule has 46 heavy (non-hydrogen) atoms. The molecule has 242 valence electrons. The summed E-state index contributed by atoms with van der Waals surface area (Å²) in [6.07, 6.45) is 0.346. The van der Waals surface area contributed by atoms with E-state index in [2.05, 4.69) is 87.5 Å². The highest BCUT2D eigenvalue weighted by Gasteiger charge is 2.26. The zero-order valence-electron chi connectivity index (χ0n) is 26.9. The Bertz CT molecular complexity index is 1640. The number of likely N-dealkylation sites (N-methyl/N-ethyl adjacent to an activating group) is 1. The van der Waals surface area contributed by atoms with E-state index in [9.17, 15) is 4.79 Å². The molecule has 3 aliphatic rings. The van der Waals surface area contributed by atoms with Gasteiger partial charge >= 0.3 is 6.03 Å². The van der Waals surface area contributed by atoms with E-state index < -0.39 is 0 Å². The Morgan fingerprint density at radius 2 is 1.41 bits per heavy atom. The number of amides is 2. The first-order valence-electron chi connectivity index (χ1n) is 16.3. The molecule has 0 spiro atoms. The van der Waals surface area contributed by atoms with E-state index in [1.165, 1.54) is 10.4 Å². The predicted octanol–water partition coefficient (Wildman–Crippen LogP) is 5.81. The minimum atomic E-state index is -0.264. The summed E-state index contributed by atoms with van der Waals surface area (Å²) < 4.78 is 12.8. The average Bonchev–Trinajstić information content (AvgIpc) is 3.50. The fourth-order valence-electron chi connectivity index (χ4n) is 6.54. The van der Waals surface area contributed by atoms with Crippen LogP contribution in [0.1, 0.15) is 13.8 Å². The molecule has 0 unspecified atom stereocenters. The van der Waals surface area contributed by atoms with Crippen molar-refractivity contribution in [2.24, 2.45) is 0 Å². The van der Waals surface area contributed by atoms with Crippen LogP contribution in [-0.4, -0.2) is 101 Å². The number of ether oxygens (including phenoxy) is 2. The van der Waals surface area contributed by atoms with Crippen LogP contribution in [0.4, 0.5) is 32.7 Å². The van der Waals surface area contributed by atoms with Crippen molar-refractivity contribution < 1.29 is 14.3 Å². The van der Waals surface area contributed by atoms with E-state index >= 15 is 0 Å². The molecule has 1 aromatic heterocycles. The van der Waals surface area contributed by atoms with Crippen molar-refractivity contribution in [2.45, 2.75) is 26.1 Å². The fraction of sp³-hybridized carbons (Fsp3) is 0.429. The number of carbonyl (C=O) groups excluding carboxylic acids is 1. The van der Waals surface area contributed by atoms with Gasteiger partial charge < -0.3 is 39.7 Å². The third kappa shape index (κ3) is 6.92. The van der Waals surface area contributed by atoms with E-state index in [1.54, 1.807) is 11.3 Å². The lowest BCUT2D eigenvalue weighted by Gasteiger charge is -2.35. The topological polar surface area (TPSA) is 85.4 Å². The highest BCUT2D eigenvalue weighted by atomic mass is 32.1. The van der Waals surface area contributed by atoms with Gasteiger partial charge in [0.2, 0.25) is 0 Å². The molecule has 0 aliphatic carbocycles. The van der Waals surface area contributed by atoms with Gasteiger partial charge in [0.15, 0.2) is 5.13 Å². The van der Waals surface area contributed by atoms with Crippen LogP contribution in [0.2, 0.25) is 0 Å². The van der Waals surface area contributed by atoms with Crippen molar-refractivity contribution in [3.63, 3.8) is 0 Å². The maximum atomic E-state index is 12.8. The van der Waals surface area contributed by atoms with Gasteiger partial charge in [-0.3, -0.25) is 0 Å². The van der Waals surface area contributed by atoms with E-state index in [-0.39, 0.29) is 18.2 Å². The van der Waals surface area contributed by atoms with Crippen molar-refractivity contribution in [1.82, 2.24) is 9.88 Å². The summed E-state index contributed by atoms with van der Waals surface area (Å²) in [5.41, 5.74) is 7.09. The molecular formula is C35H43N7O3S. The number of hydrogen-bond acceptors (Lipinski definition) is 9. The maximum Gasteiger partial charge on any atom is 0.323 e. The lowest BCUT2D eigenvalue weighted by molar-refractivity contribution is -0.00521. The summed E-state index contributed by atoms with van der Waals surface area (Å²) in [6, 6.07) is 20.4. The SMILES string of the molecule is C[C@@H]1CN(c2nc3c(N4CCOCC4)cc(-c4ccc(NC(=O)Nc5ccc(N6CCN(C)CC6)cc5)cc4)cc3s2)C[C@H](C)O1. The standard InChI is InChI=1S/C35H43N7O3S/c1-24-22-42(23-25(2)45-24)35-38-33-31(41-16-18-44-19-17-41)20-27(21-32(33)46-35)26-4-6-28(7-5-26)36-34(43)37-29-8-10-30(11-9-29)40-14-12-39(3)13-15-40/h4-11,20-21,24-25H,12-19,22-23H2,1-3H3,(H2,36,37,43)/t24-,25+. The Morgan fingerprint density at radius 1 is 0.783 bits per heavy atom. The second-order valence-electron chi connectivity index (χ2n) is 12.6. The van der Waals surface area contributed by atoms with Crippen LogP contribution in [0.25, 0.3) is 21.3 Å². The molecule has 0 radical (unpaired) electrons.